The van der Waals surface area contributed by atoms with Crippen LogP contribution in [0, 0.1) is 6.92 Å². The van der Waals surface area contributed by atoms with E-state index in [0.29, 0.717) is 22.9 Å². The first kappa shape index (κ1) is 25.7. The van der Waals surface area contributed by atoms with Gasteiger partial charge in [0.25, 0.3) is 0 Å². The number of amides is 2. The molecule has 10 heteroatoms. The number of benzene rings is 3. The number of nitrogens with one attached hydrogen (secondary N) is 2. The van der Waals surface area contributed by atoms with Crippen LogP contribution in [0.1, 0.15) is 28.4 Å². The molecule has 3 aromatic carbocycles. The maximum atomic E-state index is 12.5. The molecule has 0 unspecified atom stereocenters. The van der Waals surface area contributed by atoms with Gasteiger partial charge in [-0.2, -0.15) is 5.10 Å². The summed E-state index contributed by atoms with van der Waals surface area (Å²) < 4.78 is 11.0. The maximum absolute atomic E-state index is 12.5. The number of nitrogens with zero attached hydrogens (tertiary/aromatic N) is 1. The number of carbonyl (C=O) groups excluding carboxylic acids is 3. The number of aryl methyl sites for hydroxylation is 1. The van der Waals surface area contributed by atoms with Crippen LogP contribution < -0.4 is 20.2 Å². The van der Waals surface area contributed by atoms with Gasteiger partial charge >= 0.3 is 17.8 Å². The van der Waals surface area contributed by atoms with Crippen LogP contribution in [0.3, 0.4) is 0 Å². The second-order valence-electron chi connectivity index (χ2n) is 7.17. The lowest BCUT2D eigenvalue weighted by molar-refractivity contribution is -0.136. The quantitative estimate of drug-likeness (QED) is 0.152. The number of halogens is 2. The van der Waals surface area contributed by atoms with Gasteiger partial charge in [-0.1, -0.05) is 40.9 Å². The van der Waals surface area contributed by atoms with Gasteiger partial charge in [0.05, 0.1) is 23.4 Å². The summed E-state index contributed by atoms with van der Waals surface area (Å²) in [6, 6.07) is 16.1. The summed E-state index contributed by atoms with van der Waals surface area (Å²) in [4.78, 5) is 36.5. The fraction of sp³-hybridized carbons (Fsp3) is 0.120. The number of hydrazone groups is 1. The fourth-order valence-electron chi connectivity index (χ4n) is 2.81. The van der Waals surface area contributed by atoms with Gasteiger partial charge in [0.15, 0.2) is 11.5 Å². The Morgan fingerprint density at radius 1 is 0.943 bits per heavy atom. The zero-order valence-corrected chi connectivity index (χ0v) is 20.3. The summed E-state index contributed by atoms with van der Waals surface area (Å²) in [5.41, 5.74) is 4.35. The first-order chi connectivity index (χ1) is 16.8. The fourth-order valence-corrected chi connectivity index (χ4v) is 3.29. The van der Waals surface area contributed by atoms with Crippen LogP contribution in [0.2, 0.25) is 10.0 Å². The third-order valence-electron chi connectivity index (χ3n) is 4.52. The molecule has 0 aliphatic heterocycles. The second-order valence-corrected chi connectivity index (χ2v) is 8.02. The molecule has 0 saturated heterocycles. The number of esters is 1. The van der Waals surface area contributed by atoms with Gasteiger partial charge in [-0.05, 0) is 67.9 Å². The topological polar surface area (TPSA) is 106 Å². The summed E-state index contributed by atoms with van der Waals surface area (Å²) in [6.45, 7) is 3.99. The molecule has 0 aliphatic rings. The Labute approximate surface area is 211 Å². The van der Waals surface area contributed by atoms with Crippen molar-refractivity contribution in [2.75, 3.05) is 11.9 Å². The molecule has 0 bridgehead atoms. The molecule has 35 heavy (non-hydrogen) atoms. The van der Waals surface area contributed by atoms with E-state index in [1.807, 2.05) is 19.1 Å². The Bertz CT molecular complexity index is 1280. The highest BCUT2D eigenvalue weighted by molar-refractivity contribution is 6.39. The van der Waals surface area contributed by atoms with Crippen LogP contribution in [0.15, 0.2) is 65.8 Å². The van der Waals surface area contributed by atoms with E-state index in [2.05, 4.69) is 15.8 Å². The molecule has 0 heterocycles. The average Bonchev–Trinajstić information content (AvgIpc) is 2.82. The van der Waals surface area contributed by atoms with Crippen molar-refractivity contribution in [3.8, 4) is 11.5 Å². The van der Waals surface area contributed by atoms with E-state index in [0.717, 1.165) is 5.56 Å². The molecule has 0 saturated carbocycles. The monoisotopic (exact) mass is 513 g/mol. The number of rotatable bonds is 7. The highest BCUT2D eigenvalue weighted by atomic mass is 35.5. The van der Waals surface area contributed by atoms with Crippen molar-refractivity contribution in [3.05, 3.63) is 87.4 Å². The van der Waals surface area contributed by atoms with Crippen LogP contribution in [-0.4, -0.2) is 30.6 Å². The van der Waals surface area contributed by atoms with Crippen molar-refractivity contribution in [2.45, 2.75) is 13.8 Å². The van der Waals surface area contributed by atoms with E-state index in [9.17, 15) is 14.4 Å². The molecule has 0 fully saturated rings. The predicted octanol–water partition coefficient (Wildman–Crippen LogP) is 5.01. The Balaban J connectivity index is 1.65. The van der Waals surface area contributed by atoms with Crippen LogP contribution in [0.25, 0.3) is 0 Å². The van der Waals surface area contributed by atoms with Crippen LogP contribution in [0.5, 0.6) is 11.5 Å². The second kappa shape index (κ2) is 12.0. The van der Waals surface area contributed by atoms with Crippen LogP contribution >= 0.6 is 23.2 Å². The Hall–Kier alpha value is -3.88. The number of anilines is 1. The lowest BCUT2D eigenvalue weighted by Crippen LogP contribution is -2.32. The Kier molecular flexibility index (Phi) is 8.83. The molecule has 2 N–H and O–H groups in total. The van der Waals surface area contributed by atoms with E-state index in [-0.39, 0.29) is 22.1 Å². The molecular formula is C25H21Cl2N3O5. The molecule has 0 aliphatic carbocycles. The average molecular weight is 514 g/mol. The molecule has 0 aromatic heterocycles. The van der Waals surface area contributed by atoms with Gasteiger partial charge in [-0.25, -0.2) is 10.2 Å². The number of carbonyl (C=O) groups is 3. The molecule has 8 nitrogen and oxygen atoms in total. The molecule has 180 valence electrons. The molecule has 0 spiro atoms. The van der Waals surface area contributed by atoms with Crippen molar-refractivity contribution in [3.63, 3.8) is 0 Å². The van der Waals surface area contributed by atoms with Gasteiger partial charge in [-0.3, -0.25) is 9.59 Å². The summed E-state index contributed by atoms with van der Waals surface area (Å²) in [7, 11) is 0. The lowest BCUT2D eigenvalue weighted by atomic mass is 10.2. The SMILES string of the molecule is CCOc1cc(C=NNC(=O)C(=O)Nc2ccc(C)cc2)ccc1OC(=O)c1ccc(Cl)cc1Cl. The Morgan fingerprint density at radius 2 is 1.69 bits per heavy atom. The van der Waals surface area contributed by atoms with E-state index in [1.54, 1.807) is 31.2 Å². The third-order valence-corrected chi connectivity index (χ3v) is 5.06. The van der Waals surface area contributed by atoms with Crippen molar-refractivity contribution < 1.29 is 23.9 Å². The van der Waals surface area contributed by atoms with Crippen LogP contribution in [0.4, 0.5) is 5.69 Å². The van der Waals surface area contributed by atoms with E-state index < -0.39 is 17.8 Å². The summed E-state index contributed by atoms with van der Waals surface area (Å²) in [5.74, 6) is -2.03. The minimum absolute atomic E-state index is 0.149. The van der Waals surface area contributed by atoms with Gasteiger partial charge in [0, 0.05) is 10.7 Å². The van der Waals surface area contributed by atoms with Crippen molar-refractivity contribution in [2.24, 2.45) is 5.10 Å². The molecule has 3 aromatic rings. The minimum atomic E-state index is -0.933. The largest absolute Gasteiger partial charge is 0.490 e. The standard InChI is InChI=1S/C25H21Cl2N3O5/c1-3-34-22-12-16(6-11-21(22)35-25(33)19-10-7-17(26)13-20(19)27)14-28-30-24(32)23(31)29-18-8-4-15(2)5-9-18/h4-14H,3H2,1-2H3,(H,29,31)(H,30,32). The molecule has 3 rings (SSSR count). The van der Waals surface area contributed by atoms with Gasteiger partial charge in [0.1, 0.15) is 0 Å². The van der Waals surface area contributed by atoms with Gasteiger partial charge in [0.2, 0.25) is 0 Å². The van der Waals surface area contributed by atoms with Crippen molar-refractivity contribution >= 4 is 52.9 Å². The minimum Gasteiger partial charge on any atom is -0.490 e. The van der Waals surface area contributed by atoms with E-state index >= 15 is 0 Å². The van der Waals surface area contributed by atoms with E-state index in [4.69, 9.17) is 32.7 Å². The van der Waals surface area contributed by atoms with Gasteiger partial charge in [-0.15, -0.1) is 0 Å². The maximum Gasteiger partial charge on any atom is 0.345 e. The highest BCUT2D eigenvalue weighted by Gasteiger charge is 2.17. The summed E-state index contributed by atoms with van der Waals surface area (Å²) in [5, 5.41) is 6.83. The highest BCUT2D eigenvalue weighted by Crippen LogP contribution is 2.30. The molecule has 0 atom stereocenters. The number of ether oxygens (including phenoxy) is 2. The summed E-state index contributed by atoms with van der Waals surface area (Å²) >= 11 is 11.9. The number of hydrogen-bond donors (Lipinski definition) is 2. The normalized spacial score (nSPS) is 10.6. The van der Waals surface area contributed by atoms with Crippen molar-refractivity contribution in [1.82, 2.24) is 5.43 Å². The first-order valence-electron chi connectivity index (χ1n) is 10.4. The van der Waals surface area contributed by atoms with Crippen LogP contribution in [-0.2, 0) is 9.59 Å². The van der Waals surface area contributed by atoms with Crippen molar-refractivity contribution in [1.29, 1.82) is 0 Å². The van der Waals surface area contributed by atoms with E-state index in [1.165, 1.54) is 30.5 Å². The van der Waals surface area contributed by atoms with Gasteiger partial charge < -0.3 is 14.8 Å². The number of hydrogen-bond acceptors (Lipinski definition) is 6. The predicted molar refractivity (Wildman–Crippen MR) is 135 cm³/mol. The molecule has 2 amide bonds. The first-order valence-corrected chi connectivity index (χ1v) is 11.2. The third kappa shape index (κ3) is 7.30. The smallest absolute Gasteiger partial charge is 0.345 e. The zero-order valence-electron chi connectivity index (χ0n) is 18.8. The Morgan fingerprint density at radius 3 is 2.37 bits per heavy atom. The zero-order chi connectivity index (χ0) is 25.4. The molecular weight excluding hydrogens is 493 g/mol. The summed E-state index contributed by atoms with van der Waals surface area (Å²) in [6.07, 6.45) is 1.32. The molecule has 0 radical (unpaired) electrons. The lowest BCUT2D eigenvalue weighted by Gasteiger charge is -2.12.